The van der Waals surface area contributed by atoms with Crippen molar-refractivity contribution in [1.29, 1.82) is 0 Å². The van der Waals surface area contributed by atoms with Crippen molar-refractivity contribution in [3.05, 3.63) is 11.6 Å². The van der Waals surface area contributed by atoms with Crippen LogP contribution in [0, 0.1) is 11.3 Å². The van der Waals surface area contributed by atoms with E-state index in [-0.39, 0.29) is 5.57 Å². The average molecular weight is 254 g/mol. The maximum atomic E-state index is 11.9. The molecule has 5 heteroatoms. The molecule has 1 rings (SSSR count). The van der Waals surface area contributed by atoms with E-state index in [0.717, 1.165) is 0 Å². The Labute approximate surface area is 107 Å². The van der Waals surface area contributed by atoms with Gasteiger partial charge in [0.05, 0.1) is 17.2 Å². The molecule has 0 heterocycles. The molecule has 5 N–H and O–H groups in total. The summed E-state index contributed by atoms with van der Waals surface area (Å²) in [7, 11) is 0. The lowest BCUT2D eigenvalue weighted by molar-refractivity contribution is -0.131. The quantitative estimate of drug-likeness (QED) is 0.608. The molecule has 1 unspecified atom stereocenters. The van der Waals surface area contributed by atoms with Crippen LogP contribution in [0.4, 0.5) is 0 Å². The molecular weight excluding hydrogens is 232 g/mol. The van der Waals surface area contributed by atoms with E-state index in [1.807, 2.05) is 27.7 Å². The zero-order valence-corrected chi connectivity index (χ0v) is 11.4. The lowest BCUT2D eigenvalue weighted by Crippen LogP contribution is -2.60. The first kappa shape index (κ1) is 14.9. The highest BCUT2D eigenvalue weighted by molar-refractivity contribution is 6.21. The van der Waals surface area contributed by atoms with Crippen LogP contribution in [0.15, 0.2) is 11.6 Å². The number of hydrogen-bond donors (Lipinski definition) is 3. The Balaban J connectivity index is 3.46. The van der Waals surface area contributed by atoms with Gasteiger partial charge in [-0.1, -0.05) is 27.7 Å². The number of ketones is 1. The number of aliphatic hydroxyl groups is 1. The van der Waals surface area contributed by atoms with Crippen molar-refractivity contribution >= 4 is 11.7 Å². The van der Waals surface area contributed by atoms with Gasteiger partial charge in [0, 0.05) is 5.92 Å². The zero-order chi connectivity index (χ0) is 14.3. The van der Waals surface area contributed by atoms with Gasteiger partial charge in [-0.3, -0.25) is 9.59 Å². The molecule has 1 aliphatic rings. The summed E-state index contributed by atoms with van der Waals surface area (Å²) in [6.45, 7) is 7.38. The molecule has 0 aromatic carbocycles. The maximum absolute atomic E-state index is 11.9. The Bertz CT molecular complexity index is 409. The molecule has 0 aromatic heterocycles. The van der Waals surface area contributed by atoms with Gasteiger partial charge in [-0.25, -0.2) is 0 Å². The molecule has 0 aliphatic heterocycles. The van der Waals surface area contributed by atoms with Crippen LogP contribution in [-0.4, -0.2) is 28.4 Å². The highest BCUT2D eigenvalue weighted by Crippen LogP contribution is 2.44. The van der Waals surface area contributed by atoms with Gasteiger partial charge in [-0.05, 0) is 17.9 Å². The van der Waals surface area contributed by atoms with E-state index < -0.39 is 34.7 Å². The first-order chi connectivity index (χ1) is 8.06. The molecule has 0 spiro atoms. The number of carbonyl (C=O) groups excluding carboxylic acids is 2. The third-order valence-electron chi connectivity index (χ3n) is 3.84. The van der Waals surface area contributed by atoms with Crippen LogP contribution < -0.4 is 11.5 Å². The molecule has 0 bridgehead atoms. The second-order valence-electron chi connectivity index (χ2n) is 5.90. The van der Waals surface area contributed by atoms with Crippen LogP contribution >= 0.6 is 0 Å². The van der Waals surface area contributed by atoms with Crippen LogP contribution in [0.1, 0.15) is 34.1 Å². The van der Waals surface area contributed by atoms with Gasteiger partial charge in [0.25, 0.3) is 5.91 Å². The number of rotatable bonds is 2. The van der Waals surface area contributed by atoms with Gasteiger partial charge in [0.1, 0.15) is 0 Å². The summed E-state index contributed by atoms with van der Waals surface area (Å²) in [5.41, 5.74) is 8.99. The minimum absolute atomic E-state index is 0.190. The van der Waals surface area contributed by atoms with Crippen LogP contribution in [0.25, 0.3) is 0 Å². The van der Waals surface area contributed by atoms with E-state index >= 15 is 0 Å². The normalized spacial score (nSPS) is 33.2. The van der Waals surface area contributed by atoms with E-state index in [2.05, 4.69) is 0 Å². The molecule has 0 saturated carbocycles. The fourth-order valence-corrected chi connectivity index (χ4v) is 2.56. The van der Waals surface area contributed by atoms with Gasteiger partial charge in [-0.15, -0.1) is 0 Å². The zero-order valence-electron chi connectivity index (χ0n) is 11.4. The molecular formula is C13H22N2O3. The third kappa shape index (κ3) is 2.08. The molecule has 3 atom stereocenters. The average Bonchev–Trinajstić information content (AvgIpc) is 2.22. The largest absolute Gasteiger partial charge is 0.385 e. The maximum Gasteiger partial charge on any atom is 0.252 e. The minimum Gasteiger partial charge on any atom is -0.385 e. The molecule has 0 saturated heterocycles. The van der Waals surface area contributed by atoms with Gasteiger partial charge in [0.2, 0.25) is 0 Å². The van der Waals surface area contributed by atoms with Crippen molar-refractivity contribution in [2.75, 3.05) is 0 Å². The highest BCUT2D eigenvalue weighted by atomic mass is 16.3. The standard InChI is InChI=1S/C13H22N2O3/c1-5-8-9(14)10(16)7(11(15)17)6-13(8,18)12(2,3)4/h6,8-9,18H,5,14H2,1-4H3,(H2,15,17)/t8?,9-,13-/m0/s1. The van der Waals surface area contributed by atoms with Crippen molar-refractivity contribution in [3.63, 3.8) is 0 Å². The van der Waals surface area contributed by atoms with Crippen LogP contribution in [0.2, 0.25) is 0 Å². The predicted octanol–water partition coefficient (Wildman–Crippen LogP) is 0.112. The lowest BCUT2D eigenvalue weighted by Gasteiger charge is -2.48. The number of Topliss-reactive ketones (excluding diaryl/α,β-unsaturated/α-hetero) is 1. The molecule has 102 valence electrons. The first-order valence-corrected chi connectivity index (χ1v) is 6.11. The number of primary amides is 1. The van der Waals surface area contributed by atoms with Gasteiger partial charge < -0.3 is 16.6 Å². The van der Waals surface area contributed by atoms with Crippen LogP contribution in [-0.2, 0) is 9.59 Å². The molecule has 1 aliphatic carbocycles. The van der Waals surface area contributed by atoms with Gasteiger partial charge in [-0.2, -0.15) is 0 Å². The van der Waals surface area contributed by atoms with Crippen molar-refractivity contribution in [1.82, 2.24) is 0 Å². The third-order valence-corrected chi connectivity index (χ3v) is 3.84. The lowest BCUT2D eigenvalue weighted by atomic mass is 9.61. The molecule has 0 fully saturated rings. The van der Waals surface area contributed by atoms with E-state index in [1.54, 1.807) is 0 Å². The molecule has 0 radical (unpaired) electrons. The van der Waals surface area contributed by atoms with E-state index in [0.29, 0.717) is 6.42 Å². The molecule has 1 amide bonds. The summed E-state index contributed by atoms with van der Waals surface area (Å²) in [4.78, 5) is 23.2. The molecule has 5 nitrogen and oxygen atoms in total. The SMILES string of the molecule is CCC1[C@H](N)C(=O)C(C(N)=O)=C[C@@]1(O)C(C)(C)C. The second-order valence-corrected chi connectivity index (χ2v) is 5.90. The van der Waals surface area contributed by atoms with E-state index in [4.69, 9.17) is 11.5 Å². The fraction of sp³-hybridized carbons (Fsp3) is 0.692. The van der Waals surface area contributed by atoms with Crippen LogP contribution in [0.5, 0.6) is 0 Å². The number of hydrogen-bond acceptors (Lipinski definition) is 4. The van der Waals surface area contributed by atoms with Gasteiger partial charge >= 0.3 is 0 Å². The Kier molecular flexibility index (Phi) is 3.70. The van der Waals surface area contributed by atoms with E-state index in [1.165, 1.54) is 6.08 Å². The summed E-state index contributed by atoms with van der Waals surface area (Å²) in [5.74, 6) is -1.75. The minimum atomic E-state index is -1.32. The summed E-state index contributed by atoms with van der Waals surface area (Å²) in [6, 6.07) is -0.897. The summed E-state index contributed by atoms with van der Waals surface area (Å²) < 4.78 is 0. The Morgan fingerprint density at radius 1 is 1.50 bits per heavy atom. The summed E-state index contributed by atoms with van der Waals surface area (Å²) in [5, 5.41) is 10.9. The van der Waals surface area contributed by atoms with Crippen molar-refractivity contribution in [2.45, 2.75) is 45.8 Å². The summed E-state index contributed by atoms with van der Waals surface area (Å²) in [6.07, 6.45) is 1.85. The second kappa shape index (κ2) is 4.48. The Hall–Kier alpha value is -1.20. The Morgan fingerprint density at radius 3 is 2.33 bits per heavy atom. The summed E-state index contributed by atoms with van der Waals surface area (Å²) >= 11 is 0. The Morgan fingerprint density at radius 2 is 2.00 bits per heavy atom. The van der Waals surface area contributed by atoms with E-state index in [9.17, 15) is 14.7 Å². The molecule has 0 aromatic rings. The predicted molar refractivity (Wildman–Crippen MR) is 68.4 cm³/mol. The topological polar surface area (TPSA) is 106 Å². The number of nitrogens with two attached hydrogens (primary N) is 2. The number of carbonyl (C=O) groups is 2. The number of amides is 1. The van der Waals surface area contributed by atoms with Crippen molar-refractivity contribution in [2.24, 2.45) is 22.8 Å². The van der Waals surface area contributed by atoms with Gasteiger partial charge in [0.15, 0.2) is 5.78 Å². The van der Waals surface area contributed by atoms with Crippen LogP contribution in [0.3, 0.4) is 0 Å². The fourth-order valence-electron chi connectivity index (χ4n) is 2.56. The smallest absolute Gasteiger partial charge is 0.252 e. The first-order valence-electron chi connectivity index (χ1n) is 6.11. The molecule has 18 heavy (non-hydrogen) atoms. The highest BCUT2D eigenvalue weighted by Gasteiger charge is 2.52. The van der Waals surface area contributed by atoms with Crippen molar-refractivity contribution in [3.8, 4) is 0 Å². The monoisotopic (exact) mass is 254 g/mol. The van der Waals surface area contributed by atoms with Crippen molar-refractivity contribution < 1.29 is 14.7 Å².